The lowest BCUT2D eigenvalue weighted by Gasteiger charge is -2.55. The number of ether oxygens (including phenoxy) is 2. The molecule has 4 saturated carbocycles. The van der Waals surface area contributed by atoms with Crippen LogP contribution in [-0.4, -0.2) is 36.3 Å². The molecule has 6 rings (SSSR count). The Hall–Kier alpha value is -1.99. The van der Waals surface area contributed by atoms with E-state index in [2.05, 4.69) is 4.57 Å². The molecule has 1 amide bonds. The lowest BCUT2D eigenvalue weighted by Crippen LogP contribution is -2.50. The first-order valence-electron chi connectivity index (χ1n) is 12.0. The lowest BCUT2D eigenvalue weighted by molar-refractivity contribution is -0.142. The number of amides is 1. The van der Waals surface area contributed by atoms with E-state index in [0.29, 0.717) is 54.5 Å². The van der Waals surface area contributed by atoms with Crippen molar-refractivity contribution in [3.63, 3.8) is 0 Å². The maximum atomic E-state index is 13.6. The summed E-state index contributed by atoms with van der Waals surface area (Å²) >= 11 is 1.48. The average molecular weight is 457 g/mol. The van der Waals surface area contributed by atoms with Gasteiger partial charge in [0.25, 0.3) is 5.91 Å². The Morgan fingerprint density at radius 3 is 2.41 bits per heavy atom. The third-order valence-electron chi connectivity index (χ3n) is 7.55. The normalized spacial score (nSPS) is 29.1. The molecule has 2 aromatic rings. The molecule has 4 fully saturated rings. The second kappa shape index (κ2) is 8.75. The summed E-state index contributed by atoms with van der Waals surface area (Å²) < 4.78 is 13.8. The molecule has 4 aliphatic carbocycles. The van der Waals surface area contributed by atoms with Crippen molar-refractivity contribution in [2.24, 2.45) is 28.2 Å². The van der Waals surface area contributed by atoms with Crippen molar-refractivity contribution in [3.05, 3.63) is 28.6 Å². The van der Waals surface area contributed by atoms with Crippen molar-refractivity contribution in [3.8, 4) is 0 Å². The number of fused-ring (bicyclic) bond motifs is 1. The Bertz CT molecular complexity index is 1060. The monoisotopic (exact) mass is 456 g/mol. The predicted octanol–water partition coefficient (Wildman–Crippen LogP) is 4.56. The molecule has 0 aliphatic heterocycles. The molecule has 1 aromatic carbocycles. The topological polar surface area (TPSA) is 69.9 Å². The molecular weight excluding hydrogens is 424 g/mol. The number of hydrogen-bond acceptors (Lipinski definition) is 5. The van der Waals surface area contributed by atoms with E-state index in [-0.39, 0.29) is 17.3 Å². The van der Waals surface area contributed by atoms with Crippen molar-refractivity contribution >= 4 is 33.4 Å². The molecule has 0 radical (unpaired) electrons. The van der Waals surface area contributed by atoms with E-state index in [1.165, 1.54) is 30.6 Å². The minimum atomic E-state index is -0.327. The van der Waals surface area contributed by atoms with Gasteiger partial charge in [0, 0.05) is 13.2 Å². The molecule has 172 valence electrons. The standard InChI is InChI=1S/C25H32N2O4S/c1-3-30-8-7-27-20-6-5-19(22(28)31-4-2)12-21(20)32-24(27)26-23(29)25-13-16-9-17(14-25)11-18(10-16)15-25/h5-6,12,16-18H,3-4,7-11,13-15H2,1-2H3. The number of carbonyl (C=O) groups is 2. The summed E-state index contributed by atoms with van der Waals surface area (Å²) in [4.78, 5) is 31.3. The van der Waals surface area contributed by atoms with Crippen LogP contribution >= 0.6 is 11.3 Å². The Morgan fingerprint density at radius 2 is 1.78 bits per heavy atom. The second-order valence-corrected chi connectivity index (χ2v) is 10.8. The zero-order chi connectivity index (χ0) is 22.3. The highest BCUT2D eigenvalue weighted by Crippen LogP contribution is 2.60. The summed E-state index contributed by atoms with van der Waals surface area (Å²) in [6.07, 6.45) is 6.95. The molecule has 4 aliphatic rings. The van der Waals surface area contributed by atoms with Gasteiger partial charge in [-0.25, -0.2) is 4.79 Å². The maximum Gasteiger partial charge on any atom is 0.338 e. The van der Waals surface area contributed by atoms with Gasteiger partial charge >= 0.3 is 5.97 Å². The molecule has 32 heavy (non-hydrogen) atoms. The van der Waals surface area contributed by atoms with Crippen LogP contribution in [0.4, 0.5) is 0 Å². The number of esters is 1. The van der Waals surface area contributed by atoms with Gasteiger partial charge in [0.05, 0.1) is 34.4 Å². The van der Waals surface area contributed by atoms with Crippen LogP contribution in [0, 0.1) is 23.2 Å². The number of aromatic nitrogens is 1. The van der Waals surface area contributed by atoms with Gasteiger partial charge in [-0.1, -0.05) is 11.3 Å². The minimum absolute atomic E-state index is 0.0685. The van der Waals surface area contributed by atoms with Crippen LogP contribution in [0.15, 0.2) is 23.2 Å². The molecule has 4 bridgehead atoms. The molecule has 7 heteroatoms. The Kier molecular flexibility index (Phi) is 5.97. The average Bonchev–Trinajstić information content (AvgIpc) is 3.09. The van der Waals surface area contributed by atoms with Crippen LogP contribution < -0.4 is 4.80 Å². The molecule has 0 atom stereocenters. The second-order valence-electron chi connectivity index (χ2n) is 9.75. The van der Waals surface area contributed by atoms with E-state index >= 15 is 0 Å². The molecular formula is C25H32N2O4S. The van der Waals surface area contributed by atoms with E-state index in [4.69, 9.17) is 14.5 Å². The van der Waals surface area contributed by atoms with E-state index in [1.807, 2.05) is 19.1 Å². The number of rotatable bonds is 7. The SMILES string of the molecule is CCOCCn1c(=NC(=O)C23CC4CC(CC(C4)C2)C3)sc2cc(C(=O)OCC)ccc21. The number of hydrogen-bond donors (Lipinski definition) is 0. The fraction of sp³-hybridized carbons (Fsp3) is 0.640. The zero-order valence-corrected chi connectivity index (χ0v) is 19.8. The van der Waals surface area contributed by atoms with E-state index < -0.39 is 0 Å². The number of nitrogens with zero attached hydrogens (tertiary/aromatic N) is 2. The quantitative estimate of drug-likeness (QED) is 0.452. The fourth-order valence-electron chi connectivity index (χ4n) is 6.59. The van der Waals surface area contributed by atoms with Gasteiger partial charge in [0.15, 0.2) is 4.80 Å². The van der Waals surface area contributed by atoms with Crippen LogP contribution in [0.3, 0.4) is 0 Å². The molecule has 0 N–H and O–H groups in total. The first kappa shape index (κ1) is 21.8. The predicted molar refractivity (Wildman–Crippen MR) is 123 cm³/mol. The summed E-state index contributed by atoms with van der Waals surface area (Å²) in [6, 6.07) is 5.57. The van der Waals surface area contributed by atoms with Gasteiger partial charge in [0.1, 0.15) is 0 Å². The number of benzene rings is 1. The van der Waals surface area contributed by atoms with Crippen molar-refractivity contribution in [2.45, 2.75) is 58.9 Å². The fourth-order valence-corrected chi connectivity index (χ4v) is 7.69. The van der Waals surface area contributed by atoms with Crippen molar-refractivity contribution < 1.29 is 19.1 Å². The lowest BCUT2D eigenvalue weighted by atomic mass is 9.49. The first-order chi connectivity index (χ1) is 15.5. The van der Waals surface area contributed by atoms with Crippen LogP contribution in [0.25, 0.3) is 10.2 Å². The molecule has 0 saturated heterocycles. The van der Waals surface area contributed by atoms with Crippen LogP contribution in [-0.2, 0) is 20.8 Å². The van der Waals surface area contributed by atoms with Crippen molar-refractivity contribution in [1.29, 1.82) is 0 Å². The highest BCUT2D eigenvalue weighted by atomic mass is 32.1. The van der Waals surface area contributed by atoms with Gasteiger partial charge in [0.2, 0.25) is 0 Å². The largest absolute Gasteiger partial charge is 0.462 e. The summed E-state index contributed by atoms with van der Waals surface area (Å²) in [5.41, 5.74) is 1.25. The Labute approximate surface area is 192 Å². The third kappa shape index (κ3) is 3.94. The van der Waals surface area contributed by atoms with Crippen LogP contribution in [0.1, 0.15) is 62.7 Å². The Balaban J connectivity index is 1.52. The zero-order valence-electron chi connectivity index (χ0n) is 19.0. The maximum absolute atomic E-state index is 13.6. The first-order valence-corrected chi connectivity index (χ1v) is 12.8. The van der Waals surface area contributed by atoms with Crippen molar-refractivity contribution in [2.75, 3.05) is 19.8 Å². The van der Waals surface area contributed by atoms with Gasteiger partial charge in [-0.3, -0.25) is 4.79 Å². The van der Waals surface area contributed by atoms with Gasteiger partial charge < -0.3 is 14.0 Å². The summed E-state index contributed by atoms with van der Waals surface area (Å²) in [5.74, 6) is 1.87. The van der Waals surface area contributed by atoms with Gasteiger partial charge in [-0.05, 0) is 88.3 Å². The highest BCUT2D eigenvalue weighted by Gasteiger charge is 2.54. The van der Waals surface area contributed by atoms with Crippen LogP contribution in [0.5, 0.6) is 0 Å². The summed E-state index contributed by atoms with van der Waals surface area (Å²) in [5, 5.41) is 0. The number of carbonyl (C=O) groups excluding carboxylic acids is 2. The highest BCUT2D eigenvalue weighted by molar-refractivity contribution is 7.16. The summed E-state index contributed by atoms with van der Waals surface area (Å²) in [6.45, 7) is 5.95. The number of thiazole rings is 1. The summed E-state index contributed by atoms with van der Waals surface area (Å²) in [7, 11) is 0. The minimum Gasteiger partial charge on any atom is -0.462 e. The molecule has 0 spiro atoms. The van der Waals surface area contributed by atoms with Gasteiger partial charge in [-0.2, -0.15) is 4.99 Å². The molecule has 1 aromatic heterocycles. The van der Waals surface area contributed by atoms with E-state index in [9.17, 15) is 9.59 Å². The Morgan fingerprint density at radius 1 is 1.09 bits per heavy atom. The molecule has 6 nitrogen and oxygen atoms in total. The molecule has 1 heterocycles. The van der Waals surface area contributed by atoms with E-state index in [0.717, 1.165) is 29.5 Å². The molecule has 0 unspecified atom stereocenters. The van der Waals surface area contributed by atoms with Gasteiger partial charge in [-0.15, -0.1) is 0 Å². The van der Waals surface area contributed by atoms with Crippen LogP contribution in [0.2, 0.25) is 0 Å². The third-order valence-corrected chi connectivity index (χ3v) is 8.59. The smallest absolute Gasteiger partial charge is 0.338 e. The van der Waals surface area contributed by atoms with E-state index in [1.54, 1.807) is 13.0 Å². The van der Waals surface area contributed by atoms with Crippen molar-refractivity contribution in [1.82, 2.24) is 4.57 Å².